The molecular weight excluding hydrogens is 429 g/mol. The Morgan fingerprint density at radius 1 is 1.10 bits per heavy atom. The summed E-state index contributed by atoms with van der Waals surface area (Å²) in [4.78, 5) is 27.1. The van der Waals surface area contributed by atoms with Crippen molar-refractivity contribution in [3.63, 3.8) is 0 Å². The molecule has 0 unspecified atom stereocenters. The van der Waals surface area contributed by atoms with Crippen LogP contribution in [-0.2, 0) is 14.8 Å². The van der Waals surface area contributed by atoms with E-state index in [-0.39, 0.29) is 48.8 Å². The van der Waals surface area contributed by atoms with Gasteiger partial charge in [-0.05, 0) is 55.7 Å². The number of hydrogen-bond acceptors (Lipinski definition) is 5. The summed E-state index contributed by atoms with van der Waals surface area (Å²) in [6.07, 6.45) is 1.82. The van der Waals surface area contributed by atoms with E-state index in [9.17, 15) is 22.4 Å². The average molecular weight is 452 g/mol. The van der Waals surface area contributed by atoms with E-state index in [2.05, 4.69) is 5.32 Å². The number of carbonyl (C=O) groups is 2. The number of aryl methyl sites for hydroxylation is 1. The highest BCUT2D eigenvalue weighted by Crippen LogP contribution is 2.33. The number of thiophene rings is 1. The van der Waals surface area contributed by atoms with Crippen LogP contribution in [0.2, 0.25) is 0 Å². The number of sulfonamides is 1. The van der Waals surface area contributed by atoms with Crippen molar-refractivity contribution in [1.29, 1.82) is 0 Å². The van der Waals surface area contributed by atoms with Gasteiger partial charge in [-0.25, -0.2) is 12.8 Å². The number of piperazine rings is 1. The van der Waals surface area contributed by atoms with Crippen LogP contribution in [0.3, 0.4) is 0 Å². The predicted molar refractivity (Wildman–Crippen MR) is 111 cm³/mol. The molecule has 1 N–H and O–H groups in total. The molecule has 1 aliphatic carbocycles. The van der Waals surface area contributed by atoms with E-state index in [1.807, 2.05) is 6.92 Å². The van der Waals surface area contributed by atoms with Crippen LogP contribution in [0.1, 0.15) is 28.1 Å². The van der Waals surface area contributed by atoms with Crippen LogP contribution in [0.5, 0.6) is 0 Å². The molecule has 1 aromatic carbocycles. The zero-order valence-electron chi connectivity index (χ0n) is 16.4. The molecule has 1 aliphatic heterocycles. The minimum atomic E-state index is -3.73. The Hall–Kier alpha value is -2.30. The summed E-state index contributed by atoms with van der Waals surface area (Å²) in [7, 11) is -3.73. The Morgan fingerprint density at radius 2 is 1.73 bits per heavy atom. The molecule has 10 heteroatoms. The van der Waals surface area contributed by atoms with E-state index in [0.717, 1.165) is 30.5 Å². The predicted octanol–water partition coefficient (Wildman–Crippen LogP) is 2.69. The number of halogens is 1. The van der Waals surface area contributed by atoms with Gasteiger partial charge in [0.2, 0.25) is 15.9 Å². The van der Waals surface area contributed by atoms with Crippen molar-refractivity contribution >= 4 is 38.2 Å². The zero-order valence-corrected chi connectivity index (χ0v) is 18.1. The second-order valence-corrected chi connectivity index (χ2v) is 10.5. The molecule has 1 saturated heterocycles. The Morgan fingerprint density at radius 3 is 2.33 bits per heavy atom. The van der Waals surface area contributed by atoms with E-state index in [1.54, 1.807) is 11.0 Å². The molecule has 2 fully saturated rings. The number of carbonyl (C=O) groups excluding carboxylic acids is 2. The third kappa shape index (κ3) is 4.26. The van der Waals surface area contributed by atoms with Crippen molar-refractivity contribution in [3.05, 3.63) is 46.6 Å². The molecule has 2 aromatic rings. The molecule has 0 atom stereocenters. The fraction of sp³-hybridized carbons (Fsp3) is 0.400. The molecule has 2 amide bonds. The van der Waals surface area contributed by atoms with Crippen LogP contribution in [0.4, 0.5) is 9.39 Å². The first kappa shape index (κ1) is 21.0. The second kappa shape index (κ2) is 8.09. The molecule has 0 bridgehead atoms. The molecule has 0 spiro atoms. The molecule has 30 heavy (non-hydrogen) atoms. The van der Waals surface area contributed by atoms with Crippen LogP contribution >= 0.6 is 11.3 Å². The molecule has 4 rings (SSSR count). The van der Waals surface area contributed by atoms with Crippen molar-refractivity contribution in [2.75, 3.05) is 31.5 Å². The fourth-order valence-corrected chi connectivity index (χ4v) is 5.82. The van der Waals surface area contributed by atoms with Gasteiger partial charge in [0.15, 0.2) is 0 Å². The molecule has 7 nitrogen and oxygen atoms in total. The minimum Gasteiger partial charge on any atom is -0.335 e. The van der Waals surface area contributed by atoms with Crippen molar-refractivity contribution < 1.29 is 22.4 Å². The van der Waals surface area contributed by atoms with Crippen LogP contribution in [0.15, 0.2) is 35.2 Å². The van der Waals surface area contributed by atoms with Crippen LogP contribution in [0.25, 0.3) is 0 Å². The van der Waals surface area contributed by atoms with Gasteiger partial charge in [0.05, 0.1) is 14.8 Å². The SMILES string of the molecule is Cc1cc(NC(=O)C2CC2)sc1C(=O)N1CCN(S(=O)(=O)c2ccc(F)cc2)CC1. The highest BCUT2D eigenvalue weighted by Gasteiger charge is 2.32. The summed E-state index contributed by atoms with van der Waals surface area (Å²) in [5.74, 6) is -0.579. The molecule has 2 heterocycles. The van der Waals surface area contributed by atoms with E-state index in [1.165, 1.54) is 27.8 Å². The van der Waals surface area contributed by atoms with E-state index in [4.69, 9.17) is 0 Å². The summed E-state index contributed by atoms with van der Waals surface area (Å²) < 4.78 is 39.9. The third-order valence-electron chi connectivity index (χ3n) is 5.28. The first-order valence-electron chi connectivity index (χ1n) is 9.72. The molecule has 2 aliphatic rings. The number of nitrogens with zero attached hydrogens (tertiary/aromatic N) is 2. The number of rotatable bonds is 5. The molecule has 0 radical (unpaired) electrons. The Kier molecular flexibility index (Phi) is 5.65. The Bertz CT molecular complexity index is 1070. The van der Waals surface area contributed by atoms with Crippen LogP contribution in [-0.4, -0.2) is 55.6 Å². The number of hydrogen-bond donors (Lipinski definition) is 1. The lowest BCUT2D eigenvalue weighted by atomic mass is 10.2. The second-order valence-electron chi connectivity index (χ2n) is 7.54. The average Bonchev–Trinajstić information content (AvgIpc) is 3.51. The van der Waals surface area contributed by atoms with Gasteiger partial charge in [-0.1, -0.05) is 0 Å². The topological polar surface area (TPSA) is 86.8 Å². The van der Waals surface area contributed by atoms with Crippen LogP contribution in [0, 0.1) is 18.7 Å². The monoisotopic (exact) mass is 451 g/mol. The smallest absolute Gasteiger partial charge is 0.264 e. The van der Waals surface area contributed by atoms with Gasteiger partial charge in [-0.3, -0.25) is 9.59 Å². The maximum absolute atomic E-state index is 13.1. The first-order valence-corrected chi connectivity index (χ1v) is 12.0. The molecule has 160 valence electrons. The Balaban J connectivity index is 1.40. The van der Waals surface area contributed by atoms with Crippen molar-refractivity contribution in [2.45, 2.75) is 24.7 Å². The van der Waals surface area contributed by atoms with Gasteiger partial charge in [-0.2, -0.15) is 4.31 Å². The quantitative estimate of drug-likeness (QED) is 0.757. The van der Waals surface area contributed by atoms with E-state index >= 15 is 0 Å². The highest BCUT2D eigenvalue weighted by atomic mass is 32.2. The van der Waals surface area contributed by atoms with Gasteiger partial charge in [-0.15, -0.1) is 11.3 Å². The van der Waals surface area contributed by atoms with Gasteiger partial charge >= 0.3 is 0 Å². The van der Waals surface area contributed by atoms with E-state index < -0.39 is 15.8 Å². The minimum absolute atomic E-state index is 0.00476. The third-order valence-corrected chi connectivity index (χ3v) is 8.34. The van der Waals surface area contributed by atoms with Crippen molar-refractivity contribution in [1.82, 2.24) is 9.21 Å². The standard InChI is InChI=1S/C20H22FN3O4S2/c1-13-12-17(22-19(25)14-2-3-14)29-18(13)20(26)23-8-10-24(11-9-23)30(27,28)16-6-4-15(21)5-7-16/h4-7,12,14H,2-3,8-11H2,1H3,(H,22,25). The number of nitrogens with one attached hydrogen (secondary N) is 1. The van der Waals surface area contributed by atoms with Crippen LogP contribution < -0.4 is 5.32 Å². The number of benzene rings is 1. The summed E-state index contributed by atoms with van der Waals surface area (Å²) >= 11 is 1.25. The van der Waals surface area contributed by atoms with Crippen molar-refractivity contribution in [2.24, 2.45) is 5.92 Å². The largest absolute Gasteiger partial charge is 0.335 e. The summed E-state index contributed by atoms with van der Waals surface area (Å²) in [5.41, 5.74) is 0.789. The van der Waals surface area contributed by atoms with E-state index in [0.29, 0.717) is 9.88 Å². The Labute approximate surface area is 178 Å². The van der Waals surface area contributed by atoms with Gasteiger partial charge in [0.1, 0.15) is 5.82 Å². The maximum atomic E-state index is 13.1. The zero-order chi connectivity index (χ0) is 21.5. The maximum Gasteiger partial charge on any atom is 0.264 e. The van der Waals surface area contributed by atoms with Gasteiger partial charge in [0.25, 0.3) is 5.91 Å². The molecule has 1 aromatic heterocycles. The van der Waals surface area contributed by atoms with Crippen molar-refractivity contribution in [3.8, 4) is 0 Å². The lowest BCUT2D eigenvalue weighted by Crippen LogP contribution is -2.50. The molecule has 1 saturated carbocycles. The normalized spacial score (nSPS) is 17.7. The van der Waals surface area contributed by atoms with Gasteiger partial charge in [0, 0.05) is 32.1 Å². The number of amides is 2. The number of anilines is 1. The lowest BCUT2D eigenvalue weighted by Gasteiger charge is -2.34. The summed E-state index contributed by atoms with van der Waals surface area (Å²) in [6, 6.07) is 6.52. The molecular formula is C20H22FN3O4S2. The fourth-order valence-electron chi connectivity index (χ4n) is 3.36. The highest BCUT2D eigenvalue weighted by molar-refractivity contribution is 7.89. The lowest BCUT2D eigenvalue weighted by molar-refractivity contribution is -0.117. The summed E-state index contributed by atoms with van der Waals surface area (Å²) in [5, 5.41) is 3.52. The van der Waals surface area contributed by atoms with Gasteiger partial charge < -0.3 is 10.2 Å². The first-order chi connectivity index (χ1) is 14.3. The summed E-state index contributed by atoms with van der Waals surface area (Å²) in [6.45, 7) is 2.69.